The van der Waals surface area contributed by atoms with E-state index in [1.807, 2.05) is 33.3 Å². The van der Waals surface area contributed by atoms with Gasteiger partial charge in [0, 0.05) is 17.0 Å². The molecule has 0 spiro atoms. The van der Waals surface area contributed by atoms with Crippen LogP contribution in [0, 0.1) is 0 Å². The van der Waals surface area contributed by atoms with Crippen LogP contribution < -0.4 is 12.4 Å². The number of azide groups is 1. The zero-order valence-corrected chi connectivity index (χ0v) is 11.6. The van der Waals surface area contributed by atoms with Crippen molar-refractivity contribution < 1.29 is 21.7 Å². The van der Waals surface area contributed by atoms with Gasteiger partial charge < -0.3 is 16.9 Å². The number of hydrogen-bond donors (Lipinski definition) is 0. The minimum absolute atomic E-state index is 0. The molecule has 0 saturated heterocycles. The average Bonchev–Trinajstić information content (AvgIpc) is 2.18. The molecule has 1 aromatic rings. The molecule has 1 aromatic carbocycles. The highest BCUT2D eigenvalue weighted by Crippen LogP contribution is 2.13. The number of benzene rings is 1. The maximum Gasteiger partial charge on any atom is 0.191 e. The predicted octanol–water partition coefficient (Wildman–Crippen LogP) is -0.550. The van der Waals surface area contributed by atoms with Crippen molar-refractivity contribution in [3.8, 4) is 0 Å². The monoisotopic (exact) mass is 268 g/mol. The topological polar surface area (TPSA) is 65.8 Å². The Balaban J connectivity index is 0.00000289. The minimum Gasteiger partial charge on any atom is -1.00 e. The molecule has 1 rings (SSSR count). The number of Topliss-reactive ketones (excluding diaryl/α,β-unsaturated/α-hetero) is 1. The Morgan fingerprint density at radius 2 is 1.83 bits per heavy atom. The van der Waals surface area contributed by atoms with Crippen LogP contribution in [0.1, 0.15) is 5.56 Å². The minimum atomic E-state index is 0. The van der Waals surface area contributed by atoms with Crippen LogP contribution in [0.2, 0.25) is 0 Å². The lowest BCUT2D eigenvalue weighted by atomic mass is 10.1. The van der Waals surface area contributed by atoms with E-state index in [0.717, 1.165) is 5.56 Å². The van der Waals surface area contributed by atoms with Crippen LogP contribution in [-0.2, 0) is 11.2 Å². The molecule has 0 heterocycles. The number of hydrogen-bond acceptors (Lipinski definition) is 2. The molecule has 0 bridgehead atoms. The van der Waals surface area contributed by atoms with E-state index in [-0.39, 0.29) is 18.2 Å². The summed E-state index contributed by atoms with van der Waals surface area (Å²) in [5.74, 6) is 0.203. The van der Waals surface area contributed by atoms with Crippen LogP contribution in [0.4, 0.5) is 5.69 Å². The second-order valence-electron chi connectivity index (χ2n) is 5.02. The van der Waals surface area contributed by atoms with Gasteiger partial charge in [0.1, 0.15) is 6.54 Å². The third-order valence-electron chi connectivity index (χ3n) is 2.15. The van der Waals surface area contributed by atoms with Crippen LogP contribution in [-0.4, -0.2) is 38.0 Å². The largest absolute Gasteiger partial charge is 1.00 e. The zero-order valence-electron chi connectivity index (χ0n) is 10.8. The molecule has 0 unspecified atom stereocenters. The summed E-state index contributed by atoms with van der Waals surface area (Å²) in [7, 11) is 5.97. The van der Waals surface area contributed by atoms with Crippen molar-refractivity contribution in [1.82, 2.24) is 0 Å². The van der Waals surface area contributed by atoms with Gasteiger partial charge in [-0.3, -0.25) is 4.79 Å². The van der Waals surface area contributed by atoms with Gasteiger partial charge in [-0.15, -0.1) is 0 Å². The Morgan fingerprint density at radius 1 is 1.28 bits per heavy atom. The van der Waals surface area contributed by atoms with Gasteiger partial charge in [0.05, 0.1) is 21.1 Å². The van der Waals surface area contributed by atoms with Crippen molar-refractivity contribution in [2.75, 3.05) is 27.7 Å². The summed E-state index contributed by atoms with van der Waals surface area (Å²) in [6.07, 6.45) is 0.423. The highest BCUT2D eigenvalue weighted by Gasteiger charge is 2.14. The molecule has 0 fully saturated rings. The lowest BCUT2D eigenvalue weighted by molar-refractivity contribution is -0.862. The van der Waals surface area contributed by atoms with Crippen LogP contribution in [0.5, 0.6) is 0 Å². The number of carbonyl (C=O) groups excluding carboxylic acids is 1. The van der Waals surface area contributed by atoms with Crippen molar-refractivity contribution in [1.29, 1.82) is 0 Å². The third kappa shape index (κ3) is 6.25. The molecule has 0 aromatic heterocycles. The van der Waals surface area contributed by atoms with Gasteiger partial charge in [0.2, 0.25) is 0 Å². The first-order chi connectivity index (χ1) is 7.90. The average molecular weight is 269 g/mol. The molecule has 0 aliphatic heterocycles. The summed E-state index contributed by atoms with van der Waals surface area (Å²) >= 11 is 0. The highest BCUT2D eigenvalue weighted by molar-refractivity contribution is 5.82. The highest BCUT2D eigenvalue weighted by atomic mass is 35.5. The predicted molar refractivity (Wildman–Crippen MR) is 66.9 cm³/mol. The number of halogens is 1. The van der Waals surface area contributed by atoms with Crippen LogP contribution >= 0.6 is 0 Å². The number of likely N-dealkylation sites (N-methyl/N-ethyl adjacent to an activating group) is 1. The summed E-state index contributed by atoms with van der Waals surface area (Å²) in [6, 6.07) is 7.07. The molecule has 0 aliphatic rings. The molecule has 5 nitrogen and oxygen atoms in total. The Bertz CT molecular complexity index is 444. The van der Waals surface area contributed by atoms with E-state index < -0.39 is 0 Å². The van der Waals surface area contributed by atoms with Crippen LogP contribution in [0.15, 0.2) is 29.4 Å². The smallest absolute Gasteiger partial charge is 0.191 e. The standard InChI is InChI=1S/C12H17N4O.ClH/c1-16(2,3)9-12(17)8-10-4-6-11(7-5-10)14-15-13;/h4-7H,8-9H2,1-3H3;1H/q+1;/p-1. The van der Waals surface area contributed by atoms with E-state index in [2.05, 4.69) is 10.0 Å². The van der Waals surface area contributed by atoms with Gasteiger partial charge in [0.25, 0.3) is 0 Å². The van der Waals surface area contributed by atoms with E-state index in [1.165, 1.54) is 0 Å². The fourth-order valence-electron chi connectivity index (χ4n) is 1.54. The van der Waals surface area contributed by atoms with Crippen LogP contribution in [0.3, 0.4) is 0 Å². The van der Waals surface area contributed by atoms with E-state index in [9.17, 15) is 4.79 Å². The third-order valence-corrected chi connectivity index (χ3v) is 2.15. The second-order valence-corrected chi connectivity index (χ2v) is 5.02. The Hall–Kier alpha value is -1.55. The van der Waals surface area contributed by atoms with Gasteiger partial charge in [-0.05, 0) is 11.1 Å². The summed E-state index contributed by atoms with van der Waals surface area (Å²) in [5.41, 5.74) is 9.77. The molecule has 18 heavy (non-hydrogen) atoms. The van der Waals surface area contributed by atoms with Crippen molar-refractivity contribution in [2.45, 2.75) is 6.42 Å². The first-order valence-corrected chi connectivity index (χ1v) is 5.37. The number of rotatable bonds is 5. The van der Waals surface area contributed by atoms with Gasteiger partial charge >= 0.3 is 0 Å². The number of carbonyl (C=O) groups is 1. The van der Waals surface area contributed by atoms with E-state index in [4.69, 9.17) is 5.53 Å². The second kappa shape index (κ2) is 7.01. The molecule has 0 aliphatic carbocycles. The first kappa shape index (κ1) is 16.4. The van der Waals surface area contributed by atoms with E-state index in [0.29, 0.717) is 23.1 Å². The first-order valence-electron chi connectivity index (χ1n) is 5.37. The Morgan fingerprint density at radius 3 is 2.28 bits per heavy atom. The maximum atomic E-state index is 11.7. The van der Waals surface area contributed by atoms with E-state index >= 15 is 0 Å². The van der Waals surface area contributed by atoms with Gasteiger partial charge in [-0.2, -0.15) is 0 Å². The molecule has 0 N–H and O–H groups in total. The van der Waals surface area contributed by atoms with Crippen molar-refractivity contribution >= 4 is 11.5 Å². The Labute approximate surface area is 113 Å². The van der Waals surface area contributed by atoms with Gasteiger partial charge in [-0.25, -0.2) is 0 Å². The molecule has 0 atom stereocenters. The van der Waals surface area contributed by atoms with Crippen LogP contribution in [0.25, 0.3) is 10.4 Å². The number of ketones is 1. The lowest BCUT2D eigenvalue weighted by Gasteiger charge is -2.22. The summed E-state index contributed by atoms with van der Waals surface area (Å²) in [5, 5.41) is 3.48. The number of quaternary nitrogens is 1. The Kier molecular flexibility index (Phi) is 6.41. The molecular formula is C12H17ClN4O. The van der Waals surface area contributed by atoms with Crippen molar-refractivity contribution in [3.63, 3.8) is 0 Å². The summed E-state index contributed by atoms with van der Waals surface area (Å²) in [6.45, 7) is 0.512. The number of nitrogens with zero attached hydrogens (tertiary/aromatic N) is 4. The molecule has 98 valence electrons. The van der Waals surface area contributed by atoms with Crippen molar-refractivity contribution in [2.24, 2.45) is 5.11 Å². The normalized spacial score (nSPS) is 10.2. The molecule has 6 heteroatoms. The van der Waals surface area contributed by atoms with Gasteiger partial charge in [-0.1, -0.05) is 29.4 Å². The molecule has 0 amide bonds. The summed E-state index contributed by atoms with van der Waals surface area (Å²) in [4.78, 5) is 14.4. The lowest BCUT2D eigenvalue weighted by Crippen LogP contribution is -3.00. The maximum absolute atomic E-state index is 11.7. The zero-order chi connectivity index (χ0) is 12.9. The fraction of sp³-hybridized carbons (Fsp3) is 0.417. The molecular weight excluding hydrogens is 252 g/mol. The molecule has 0 saturated carbocycles. The van der Waals surface area contributed by atoms with Gasteiger partial charge in [0.15, 0.2) is 5.78 Å². The fourth-order valence-corrected chi connectivity index (χ4v) is 1.54. The van der Waals surface area contributed by atoms with Crippen molar-refractivity contribution in [3.05, 3.63) is 40.3 Å². The SMILES string of the molecule is C[N+](C)(C)CC(=O)Cc1ccc(N=[N+]=[N-])cc1.[Cl-]. The molecule has 0 radical (unpaired) electrons. The summed E-state index contributed by atoms with van der Waals surface area (Å²) < 4.78 is 0.635. The quantitative estimate of drug-likeness (QED) is 0.306. The van der Waals surface area contributed by atoms with E-state index in [1.54, 1.807) is 12.1 Å².